The number of rotatable bonds is 4. The van der Waals surface area contributed by atoms with Crippen LogP contribution in [-0.2, 0) is 14.8 Å². The Morgan fingerprint density at radius 1 is 1.45 bits per heavy atom. The van der Waals surface area contributed by atoms with Crippen molar-refractivity contribution in [1.29, 1.82) is 5.26 Å². The number of carboxylic acids is 1. The van der Waals surface area contributed by atoms with Gasteiger partial charge in [-0.25, -0.2) is 8.42 Å². The molecule has 0 bridgehead atoms. The predicted octanol–water partition coefficient (Wildman–Crippen LogP) is 1.10. The lowest BCUT2D eigenvalue weighted by molar-refractivity contribution is -0.142. The summed E-state index contributed by atoms with van der Waals surface area (Å²) in [5.41, 5.74) is -0.631. The van der Waals surface area contributed by atoms with Gasteiger partial charge in [-0.2, -0.15) is 9.57 Å². The van der Waals surface area contributed by atoms with E-state index >= 15 is 0 Å². The van der Waals surface area contributed by atoms with E-state index < -0.39 is 21.5 Å². The molecular formula is C13H14N2O4S. The number of aryl methyl sites for hydroxylation is 1. The summed E-state index contributed by atoms with van der Waals surface area (Å²) in [5.74, 6) is -1.14. The molecule has 20 heavy (non-hydrogen) atoms. The molecule has 0 unspecified atom stereocenters. The molecule has 2 rings (SSSR count). The molecule has 0 atom stereocenters. The number of carboxylic acid groups (broad SMARTS) is 1. The zero-order chi connectivity index (χ0) is 15.1. The van der Waals surface area contributed by atoms with Gasteiger partial charge in [0.2, 0.25) is 10.0 Å². The minimum Gasteiger partial charge on any atom is -0.480 e. The molecule has 1 fully saturated rings. The van der Waals surface area contributed by atoms with Crippen LogP contribution in [-0.4, -0.2) is 36.4 Å². The Balaban J connectivity index is 2.52. The number of sulfonamides is 1. The van der Waals surface area contributed by atoms with Crippen molar-refractivity contribution in [2.24, 2.45) is 0 Å². The number of likely N-dealkylation sites (N-methyl/N-ethyl adjacent to an activating group) is 1. The molecule has 1 aromatic carbocycles. The fraction of sp³-hybridized carbons (Fsp3) is 0.385. The van der Waals surface area contributed by atoms with E-state index in [0.717, 1.165) is 4.31 Å². The SMILES string of the molecule is Cc1ccc(C#N)cc1S(=O)(=O)N(C)C1(C(=O)O)CC1. The lowest BCUT2D eigenvalue weighted by atomic mass is 10.2. The quantitative estimate of drug-likeness (QED) is 0.896. The Bertz CT molecular complexity index is 714. The molecule has 0 saturated heterocycles. The van der Waals surface area contributed by atoms with Crippen molar-refractivity contribution >= 4 is 16.0 Å². The first-order chi connectivity index (χ1) is 9.25. The Kier molecular flexibility index (Phi) is 3.32. The van der Waals surface area contributed by atoms with Gasteiger partial charge in [0.1, 0.15) is 5.54 Å². The van der Waals surface area contributed by atoms with Gasteiger partial charge in [-0.15, -0.1) is 0 Å². The number of hydrogen-bond donors (Lipinski definition) is 1. The lowest BCUT2D eigenvalue weighted by Crippen LogP contribution is -2.44. The highest BCUT2D eigenvalue weighted by Gasteiger charge is 2.58. The molecule has 106 valence electrons. The molecule has 0 aromatic heterocycles. The van der Waals surface area contributed by atoms with Gasteiger partial charge in [-0.05, 0) is 37.5 Å². The van der Waals surface area contributed by atoms with Gasteiger partial charge in [-0.1, -0.05) is 6.07 Å². The maximum Gasteiger partial charge on any atom is 0.325 e. The lowest BCUT2D eigenvalue weighted by Gasteiger charge is -2.24. The van der Waals surface area contributed by atoms with Crippen LogP contribution in [0.4, 0.5) is 0 Å². The Hall–Kier alpha value is -1.91. The minimum atomic E-state index is -3.94. The van der Waals surface area contributed by atoms with Crippen molar-refractivity contribution < 1.29 is 18.3 Å². The van der Waals surface area contributed by atoms with Crippen LogP contribution in [0.5, 0.6) is 0 Å². The standard InChI is InChI=1S/C13H14N2O4S/c1-9-3-4-10(8-14)7-11(9)20(18,19)15(2)13(5-6-13)12(16)17/h3-4,7H,5-6H2,1-2H3,(H,16,17). The van der Waals surface area contributed by atoms with Crippen LogP contribution < -0.4 is 0 Å². The van der Waals surface area contributed by atoms with E-state index in [1.165, 1.54) is 19.2 Å². The first-order valence-corrected chi connectivity index (χ1v) is 7.43. The molecule has 0 amide bonds. The maximum absolute atomic E-state index is 12.6. The number of hydrogen-bond acceptors (Lipinski definition) is 4. The highest BCUT2D eigenvalue weighted by atomic mass is 32.2. The van der Waals surface area contributed by atoms with Crippen LogP contribution >= 0.6 is 0 Å². The van der Waals surface area contributed by atoms with Crippen molar-refractivity contribution in [2.45, 2.75) is 30.2 Å². The number of carbonyl (C=O) groups is 1. The second-order valence-corrected chi connectivity index (χ2v) is 6.84. The number of aliphatic carboxylic acids is 1. The van der Waals surface area contributed by atoms with E-state index in [9.17, 15) is 18.3 Å². The molecule has 1 aliphatic carbocycles. The fourth-order valence-corrected chi connectivity index (χ4v) is 3.87. The van der Waals surface area contributed by atoms with Crippen LogP contribution in [0, 0.1) is 18.3 Å². The number of nitriles is 1. The second-order valence-electron chi connectivity index (χ2n) is 4.90. The average Bonchev–Trinajstić information content (AvgIpc) is 3.19. The van der Waals surface area contributed by atoms with Crippen LogP contribution in [0.2, 0.25) is 0 Å². The van der Waals surface area contributed by atoms with E-state index in [-0.39, 0.29) is 10.5 Å². The Morgan fingerprint density at radius 3 is 2.50 bits per heavy atom. The third-order valence-corrected chi connectivity index (χ3v) is 5.75. The van der Waals surface area contributed by atoms with E-state index in [4.69, 9.17) is 5.26 Å². The zero-order valence-corrected chi connectivity index (χ0v) is 11.9. The van der Waals surface area contributed by atoms with Crippen LogP contribution in [0.3, 0.4) is 0 Å². The normalized spacial score (nSPS) is 16.7. The molecule has 1 N–H and O–H groups in total. The molecule has 1 aromatic rings. The zero-order valence-electron chi connectivity index (χ0n) is 11.1. The topological polar surface area (TPSA) is 98.5 Å². The van der Waals surface area contributed by atoms with Gasteiger partial charge >= 0.3 is 5.97 Å². The summed E-state index contributed by atoms with van der Waals surface area (Å²) >= 11 is 0. The van der Waals surface area contributed by atoms with Crippen LogP contribution in [0.15, 0.2) is 23.1 Å². The number of benzene rings is 1. The largest absolute Gasteiger partial charge is 0.480 e. The summed E-state index contributed by atoms with van der Waals surface area (Å²) in [5, 5.41) is 18.1. The van der Waals surface area contributed by atoms with Gasteiger partial charge in [0.15, 0.2) is 0 Å². The van der Waals surface area contributed by atoms with E-state index in [2.05, 4.69) is 0 Å². The Morgan fingerprint density at radius 2 is 2.05 bits per heavy atom. The first kappa shape index (κ1) is 14.5. The monoisotopic (exact) mass is 294 g/mol. The van der Waals surface area contributed by atoms with Gasteiger partial charge in [-0.3, -0.25) is 4.79 Å². The van der Waals surface area contributed by atoms with Gasteiger partial charge in [0, 0.05) is 7.05 Å². The van der Waals surface area contributed by atoms with Gasteiger partial charge < -0.3 is 5.11 Å². The van der Waals surface area contributed by atoms with Crippen molar-refractivity contribution in [3.8, 4) is 6.07 Å². The molecule has 0 heterocycles. The highest BCUT2D eigenvalue weighted by Crippen LogP contribution is 2.44. The van der Waals surface area contributed by atoms with Gasteiger partial charge in [0.05, 0.1) is 16.5 Å². The molecule has 1 aliphatic rings. The highest BCUT2D eigenvalue weighted by molar-refractivity contribution is 7.89. The smallest absolute Gasteiger partial charge is 0.325 e. The van der Waals surface area contributed by atoms with Crippen molar-refractivity contribution in [2.75, 3.05) is 7.05 Å². The number of nitrogens with zero attached hydrogens (tertiary/aromatic N) is 2. The first-order valence-electron chi connectivity index (χ1n) is 5.99. The third kappa shape index (κ3) is 2.07. The molecule has 1 saturated carbocycles. The van der Waals surface area contributed by atoms with E-state index in [1.807, 2.05) is 6.07 Å². The molecule has 0 aliphatic heterocycles. The molecule has 6 nitrogen and oxygen atoms in total. The second kappa shape index (κ2) is 4.58. The third-order valence-electron chi connectivity index (χ3n) is 3.68. The predicted molar refractivity (Wildman–Crippen MR) is 70.4 cm³/mol. The fourth-order valence-electron chi connectivity index (χ4n) is 2.11. The summed E-state index contributed by atoms with van der Waals surface area (Å²) in [6, 6.07) is 6.23. The van der Waals surface area contributed by atoms with Gasteiger partial charge in [0.25, 0.3) is 0 Å². The molecule has 7 heteroatoms. The van der Waals surface area contributed by atoms with E-state index in [1.54, 1.807) is 13.0 Å². The van der Waals surface area contributed by atoms with Crippen molar-refractivity contribution in [3.05, 3.63) is 29.3 Å². The average molecular weight is 294 g/mol. The summed E-state index contributed by atoms with van der Waals surface area (Å²) in [7, 11) is -2.67. The molecule has 0 spiro atoms. The van der Waals surface area contributed by atoms with Crippen LogP contribution in [0.25, 0.3) is 0 Å². The summed E-state index contributed by atoms with van der Waals surface area (Å²) in [4.78, 5) is 11.2. The molecular weight excluding hydrogens is 280 g/mol. The van der Waals surface area contributed by atoms with Crippen molar-refractivity contribution in [3.63, 3.8) is 0 Å². The summed E-state index contributed by atoms with van der Waals surface area (Å²) < 4.78 is 26.0. The Labute approximate surface area is 117 Å². The van der Waals surface area contributed by atoms with Crippen LogP contribution in [0.1, 0.15) is 24.0 Å². The van der Waals surface area contributed by atoms with E-state index in [0.29, 0.717) is 18.4 Å². The minimum absolute atomic E-state index is 0.0217. The van der Waals surface area contributed by atoms with Crippen molar-refractivity contribution in [1.82, 2.24) is 4.31 Å². The summed E-state index contributed by atoms with van der Waals surface area (Å²) in [6.45, 7) is 1.61. The molecule has 0 radical (unpaired) electrons. The summed E-state index contributed by atoms with van der Waals surface area (Å²) in [6.07, 6.45) is 0.601. The maximum atomic E-state index is 12.6.